The topological polar surface area (TPSA) is 124 Å². The lowest BCUT2D eigenvalue weighted by Gasteiger charge is -2.45. The van der Waals surface area contributed by atoms with Crippen molar-refractivity contribution in [3.8, 4) is 0 Å². The second-order valence-corrected chi connectivity index (χ2v) is 9.28. The van der Waals surface area contributed by atoms with E-state index in [-0.39, 0.29) is 29.2 Å². The van der Waals surface area contributed by atoms with Crippen LogP contribution >= 0.6 is 0 Å². The molecule has 4 heterocycles. The molecule has 1 saturated carbocycles. The molecule has 0 radical (unpaired) electrons. The molecule has 11 nitrogen and oxygen atoms in total. The second kappa shape index (κ2) is 9.31. The monoisotopic (exact) mass is 481 g/mol. The Morgan fingerprint density at radius 2 is 2.20 bits per heavy atom. The van der Waals surface area contributed by atoms with Crippen molar-refractivity contribution in [2.75, 3.05) is 38.0 Å². The summed E-state index contributed by atoms with van der Waals surface area (Å²) in [6, 6.07) is 5.23. The van der Waals surface area contributed by atoms with Crippen molar-refractivity contribution in [3.05, 3.63) is 46.5 Å². The minimum atomic E-state index is -0.370. The Morgan fingerprint density at radius 3 is 2.89 bits per heavy atom. The van der Waals surface area contributed by atoms with Crippen molar-refractivity contribution >= 4 is 28.9 Å². The van der Waals surface area contributed by atoms with E-state index in [2.05, 4.69) is 26.0 Å². The maximum absolute atomic E-state index is 13.2. The van der Waals surface area contributed by atoms with Gasteiger partial charge in [-0.1, -0.05) is 0 Å². The van der Waals surface area contributed by atoms with Gasteiger partial charge in [0.1, 0.15) is 22.9 Å². The second-order valence-electron chi connectivity index (χ2n) is 9.28. The van der Waals surface area contributed by atoms with Crippen LogP contribution in [0.4, 0.5) is 17.3 Å². The van der Waals surface area contributed by atoms with E-state index in [1.54, 1.807) is 41.6 Å². The molecule has 1 aliphatic carbocycles. The van der Waals surface area contributed by atoms with Gasteiger partial charge < -0.3 is 30.0 Å². The molecule has 2 aliphatic rings. The minimum Gasteiger partial charge on any atom is -0.379 e. The Balaban J connectivity index is 1.45. The summed E-state index contributed by atoms with van der Waals surface area (Å²) in [6.07, 6.45) is 6.86. The van der Waals surface area contributed by atoms with E-state index in [1.165, 1.54) is 6.20 Å². The molecule has 11 heteroatoms. The lowest BCUT2D eigenvalue weighted by Crippen LogP contribution is -2.59. The highest BCUT2D eigenvalue weighted by atomic mass is 16.5. The van der Waals surface area contributed by atoms with Crippen LogP contribution in [0.25, 0.3) is 5.65 Å². The fourth-order valence-electron chi connectivity index (χ4n) is 4.74. The number of anilines is 3. The molecule has 3 atom stereocenters. The fourth-order valence-corrected chi connectivity index (χ4v) is 4.74. The quantitative estimate of drug-likeness (QED) is 0.470. The predicted molar refractivity (Wildman–Crippen MR) is 132 cm³/mol. The van der Waals surface area contributed by atoms with Gasteiger partial charge in [0.25, 0.3) is 11.5 Å². The number of rotatable bonds is 7. The van der Waals surface area contributed by atoms with Gasteiger partial charge in [-0.2, -0.15) is 9.61 Å². The molecule has 5 rings (SSSR count). The summed E-state index contributed by atoms with van der Waals surface area (Å²) >= 11 is 0. The zero-order valence-electron chi connectivity index (χ0n) is 20.2. The van der Waals surface area contributed by atoms with Crippen molar-refractivity contribution in [1.82, 2.24) is 24.5 Å². The van der Waals surface area contributed by atoms with E-state index in [1.807, 2.05) is 13.0 Å². The van der Waals surface area contributed by atoms with Gasteiger partial charge in [0.05, 0.1) is 30.5 Å². The number of ether oxygens (including phenoxy) is 2. The maximum atomic E-state index is 13.2. The van der Waals surface area contributed by atoms with E-state index in [0.717, 1.165) is 32.3 Å². The molecule has 1 unspecified atom stereocenters. The first-order chi connectivity index (χ1) is 16.9. The lowest BCUT2D eigenvalue weighted by atomic mass is 9.76. The van der Waals surface area contributed by atoms with E-state index in [9.17, 15) is 9.59 Å². The van der Waals surface area contributed by atoms with E-state index >= 15 is 0 Å². The first-order valence-electron chi connectivity index (χ1n) is 11.9. The van der Waals surface area contributed by atoms with E-state index in [4.69, 9.17) is 9.47 Å². The molecule has 1 amide bonds. The zero-order valence-corrected chi connectivity index (χ0v) is 20.2. The zero-order chi connectivity index (χ0) is 24.6. The number of hydrogen-bond donors (Lipinski definition) is 3. The third-order valence-corrected chi connectivity index (χ3v) is 7.18. The van der Waals surface area contributed by atoms with Gasteiger partial charge in [-0.15, -0.1) is 0 Å². The minimum absolute atomic E-state index is 0.00993. The van der Waals surface area contributed by atoms with E-state index < -0.39 is 0 Å². The number of aromatic nitrogens is 4. The maximum Gasteiger partial charge on any atom is 0.274 e. The van der Waals surface area contributed by atoms with Crippen LogP contribution < -0.4 is 21.5 Å². The largest absolute Gasteiger partial charge is 0.379 e. The van der Waals surface area contributed by atoms with Crippen LogP contribution in [-0.4, -0.2) is 64.1 Å². The third kappa shape index (κ3) is 4.25. The highest BCUT2D eigenvalue weighted by molar-refractivity contribution is 6.00. The number of pyridine rings is 1. The van der Waals surface area contributed by atoms with Gasteiger partial charge in [0, 0.05) is 33.0 Å². The Bertz CT molecular complexity index is 1290. The molecule has 1 saturated heterocycles. The summed E-state index contributed by atoms with van der Waals surface area (Å²) in [7, 11) is 3.42. The van der Waals surface area contributed by atoms with Crippen LogP contribution in [0.1, 0.15) is 49.0 Å². The number of methoxy groups -OCH3 is 1. The van der Waals surface area contributed by atoms with Crippen molar-refractivity contribution in [2.24, 2.45) is 0 Å². The molecular weight excluding hydrogens is 450 g/mol. The molecule has 1 aliphatic heterocycles. The van der Waals surface area contributed by atoms with Gasteiger partial charge in [-0.25, -0.2) is 4.98 Å². The lowest BCUT2D eigenvalue weighted by molar-refractivity contribution is -0.0828. The number of nitrogens with one attached hydrogen (secondary N) is 3. The van der Waals surface area contributed by atoms with Crippen molar-refractivity contribution in [1.29, 1.82) is 0 Å². The highest BCUT2D eigenvalue weighted by Gasteiger charge is 2.44. The Kier molecular flexibility index (Phi) is 6.20. The summed E-state index contributed by atoms with van der Waals surface area (Å²) in [5, 5.41) is 13.6. The van der Waals surface area contributed by atoms with Gasteiger partial charge in [0.15, 0.2) is 5.65 Å². The molecule has 3 N–H and O–H groups in total. The summed E-state index contributed by atoms with van der Waals surface area (Å²) in [5.41, 5.74) is 0.609. The molecule has 0 spiro atoms. The normalized spacial score (nSPS) is 24.1. The molecule has 0 bridgehead atoms. The van der Waals surface area contributed by atoms with Gasteiger partial charge in [-0.3, -0.25) is 9.59 Å². The molecule has 3 aromatic heterocycles. The Hall–Kier alpha value is -3.44. The molecular formula is C24H31N7O4. The van der Waals surface area contributed by atoms with Crippen LogP contribution in [0, 0.1) is 0 Å². The third-order valence-electron chi connectivity index (χ3n) is 7.18. The predicted octanol–water partition coefficient (Wildman–Crippen LogP) is 2.33. The number of hydrogen-bond acceptors (Lipinski definition) is 8. The van der Waals surface area contributed by atoms with Crippen molar-refractivity contribution in [3.63, 3.8) is 0 Å². The number of nitrogens with zero attached hydrogens (tertiary/aromatic N) is 4. The number of fused-ring (bicyclic) bond motifs is 1. The summed E-state index contributed by atoms with van der Waals surface area (Å²) in [4.78, 5) is 30.9. The highest BCUT2D eigenvalue weighted by Crippen LogP contribution is 2.35. The number of carbonyl (C=O) groups excluding carboxylic acids is 1. The first-order valence-corrected chi connectivity index (χ1v) is 11.9. The molecule has 0 aromatic carbocycles. The average Bonchev–Trinajstić information content (AvgIpc) is 3.31. The van der Waals surface area contributed by atoms with Gasteiger partial charge >= 0.3 is 0 Å². The van der Waals surface area contributed by atoms with Crippen molar-refractivity contribution in [2.45, 2.75) is 50.3 Å². The first kappa shape index (κ1) is 23.3. The molecule has 35 heavy (non-hydrogen) atoms. The van der Waals surface area contributed by atoms with Crippen LogP contribution in [-0.2, 0) is 9.47 Å². The molecule has 186 valence electrons. The average molecular weight is 482 g/mol. The molecule has 2 fully saturated rings. The van der Waals surface area contributed by atoms with Crippen LogP contribution in [0.5, 0.6) is 0 Å². The number of amides is 1. The Morgan fingerprint density at radius 1 is 1.34 bits per heavy atom. The van der Waals surface area contributed by atoms with E-state index in [0.29, 0.717) is 35.1 Å². The summed E-state index contributed by atoms with van der Waals surface area (Å²) in [6.45, 7) is 3.24. The van der Waals surface area contributed by atoms with Crippen LogP contribution in [0.3, 0.4) is 0 Å². The molecule has 3 aromatic rings. The van der Waals surface area contributed by atoms with Gasteiger partial charge in [0.2, 0.25) is 0 Å². The summed E-state index contributed by atoms with van der Waals surface area (Å²) in [5.74, 6) is 0.787. The number of carbonyl (C=O) groups is 1. The van der Waals surface area contributed by atoms with Crippen LogP contribution in [0.15, 0.2) is 35.4 Å². The summed E-state index contributed by atoms with van der Waals surface area (Å²) < 4.78 is 14.4. The smallest absolute Gasteiger partial charge is 0.274 e. The van der Waals surface area contributed by atoms with Gasteiger partial charge in [-0.05, 0) is 44.7 Å². The Labute approximate surface area is 202 Å². The van der Waals surface area contributed by atoms with Crippen molar-refractivity contribution < 1.29 is 14.3 Å². The standard InChI is InChI=1S/C24H31N7O4/c1-24(34-3)9-8-18(24)28-22(32)16-13-26-31-20(25-2)12-19(29-21(16)31)27-17-7-4-10-30(23(17)33)15-6-5-11-35-14-15/h4,7,10,12-13,15,18,25H,5-6,8-9,11,14H2,1-3H3,(H,27,29)(H,28,32)/t15-,18?,24+/m0/s1. The SMILES string of the molecule is CNc1cc(Nc2cccn([C@H]3CCCOC3)c2=O)nc2c(C(=O)NC3CC[C@@]3(C)OC)cnn12. The fraction of sp³-hybridized carbons (Fsp3) is 0.500. The van der Waals surface area contributed by atoms with Crippen LogP contribution in [0.2, 0.25) is 0 Å².